The Morgan fingerprint density at radius 2 is 2.11 bits per heavy atom. The third-order valence-corrected chi connectivity index (χ3v) is 3.19. The van der Waals surface area contributed by atoms with E-state index in [0.717, 1.165) is 36.6 Å². The van der Waals surface area contributed by atoms with Crippen LogP contribution in [-0.2, 0) is 0 Å². The van der Waals surface area contributed by atoms with Gasteiger partial charge < -0.3 is 10.6 Å². The number of rotatable bonds is 6. The van der Waals surface area contributed by atoms with Gasteiger partial charge in [0.15, 0.2) is 0 Å². The summed E-state index contributed by atoms with van der Waals surface area (Å²) in [6.45, 7) is 10.4. The summed E-state index contributed by atoms with van der Waals surface area (Å²) in [4.78, 5) is 6.79. The lowest BCUT2D eigenvalue weighted by atomic mass is 10.1. The largest absolute Gasteiger partial charge is 0.384 e. The van der Waals surface area contributed by atoms with E-state index in [2.05, 4.69) is 30.7 Å². The van der Waals surface area contributed by atoms with Crippen molar-refractivity contribution >= 4 is 11.7 Å². The Hall–Kier alpha value is -1.58. The van der Waals surface area contributed by atoms with Gasteiger partial charge in [0, 0.05) is 24.3 Å². The fourth-order valence-corrected chi connectivity index (χ4v) is 1.86. The molecule has 0 aliphatic heterocycles. The van der Waals surface area contributed by atoms with Gasteiger partial charge in [-0.15, -0.1) is 0 Å². The molecule has 1 aromatic rings. The summed E-state index contributed by atoms with van der Waals surface area (Å²) in [7, 11) is 0. The minimum atomic E-state index is 0.0985. The van der Waals surface area contributed by atoms with Crippen LogP contribution in [0.15, 0.2) is 12.1 Å². The lowest BCUT2D eigenvalue weighted by Gasteiger charge is -2.25. The molecule has 0 bridgehead atoms. The average molecular weight is 248 g/mol. The number of aryl methyl sites for hydroxylation is 1. The van der Waals surface area contributed by atoms with E-state index < -0.39 is 0 Å². The first-order valence-electron chi connectivity index (χ1n) is 6.55. The molecule has 1 atom stereocenters. The molecule has 0 fully saturated rings. The SMILES string of the molecule is CCC(C)CN(CC)c1cc(C(=N)N)cc(C)n1. The average Bonchev–Trinajstić information content (AvgIpc) is 2.34. The van der Waals surface area contributed by atoms with Gasteiger partial charge in [-0.3, -0.25) is 5.41 Å². The number of nitrogens with two attached hydrogens (primary N) is 1. The molecule has 100 valence electrons. The van der Waals surface area contributed by atoms with E-state index in [1.54, 1.807) is 0 Å². The third kappa shape index (κ3) is 3.72. The van der Waals surface area contributed by atoms with Crippen molar-refractivity contribution in [3.8, 4) is 0 Å². The Balaban J connectivity index is 3.01. The van der Waals surface area contributed by atoms with Gasteiger partial charge in [0.25, 0.3) is 0 Å². The van der Waals surface area contributed by atoms with Crippen molar-refractivity contribution in [1.29, 1.82) is 5.41 Å². The molecular weight excluding hydrogens is 224 g/mol. The van der Waals surface area contributed by atoms with Crippen molar-refractivity contribution in [1.82, 2.24) is 4.98 Å². The smallest absolute Gasteiger partial charge is 0.129 e. The molecular formula is C14H24N4. The van der Waals surface area contributed by atoms with Crippen LogP contribution >= 0.6 is 0 Å². The highest BCUT2D eigenvalue weighted by Crippen LogP contribution is 2.17. The Bertz CT molecular complexity index is 414. The number of hydrogen-bond acceptors (Lipinski definition) is 3. The first kappa shape index (κ1) is 14.5. The van der Waals surface area contributed by atoms with Crippen molar-refractivity contribution in [2.24, 2.45) is 11.7 Å². The molecule has 4 heteroatoms. The monoisotopic (exact) mass is 248 g/mol. The molecule has 0 saturated heterocycles. The molecule has 4 nitrogen and oxygen atoms in total. The maximum Gasteiger partial charge on any atom is 0.129 e. The standard InChI is InChI=1S/C14H24N4/c1-5-10(3)9-18(6-2)13-8-12(14(15)16)7-11(4)17-13/h7-8,10H,5-6,9H2,1-4H3,(H3,15,16). The Labute approximate surface area is 110 Å². The van der Waals surface area contributed by atoms with E-state index in [1.807, 2.05) is 19.1 Å². The number of aromatic nitrogens is 1. The Kier molecular flexibility index (Phi) is 5.13. The summed E-state index contributed by atoms with van der Waals surface area (Å²) in [6.07, 6.45) is 1.15. The first-order valence-corrected chi connectivity index (χ1v) is 6.55. The van der Waals surface area contributed by atoms with E-state index in [1.165, 1.54) is 0 Å². The zero-order valence-corrected chi connectivity index (χ0v) is 11.8. The van der Waals surface area contributed by atoms with Gasteiger partial charge >= 0.3 is 0 Å². The molecule has 0 aliphatic carbocycles. The molecule has 0 spiro atoms. The predicted molar refractivity (Wildman–Crippen MR) is 77.3 cm³/mol. The van der Waals surface area contributed by atoms with E-state index in [-0.39, 0.29) is 5.84 Å². The first-order chi connectivity index (χ1) is 8.47. The summed E-state index contributed by atoms with van der Waals surface area (Å²) in [5, 5.41) is 7.54. The maximum atomic E-state index is 7.54. The fourth-order valence-electron chi connectivity index (χ4n) is 1.86. The summed E-state index contributed by atoms with van der Waals surface area (Å²) >= 11 is 0. The number of nitrogen functional groups attached to an aromatic ring is 1. The van der Waals surface area contributed by atoms with Gasteiger partial charge in [-0.1, -0.05) is 20.3 Å². The molecule has 1 rings (SSSR count). The summed E-state index contributed by atoms with van der Waals surface area (Å²) in [5.74, 6) is 1.65. The van der Waals surface area contributed by atoms with Gasteiger partial charge in [0.05, 0.1) is 0 Å². The molecule has 0 aromatic carbocycles. The predicted octanol–water partition coefficient (Wildman–Crippen LogP) is 2.55. The van der Waals surface area contributed by atoms with Crippen LogP contribution in [-0.4, -0.2) is 23.9 Å². The summed E-state index contributed by atoms with van der Waals surface area (Å²) < 4.78 is 0. The minimum Gasteiger partial charge on any atom is -0.384 e. The molecule has 18 heavy (non-hydrogen) atoms. The summed E-state index contributed by atoms with van der Waals surface area (Å²) in [5.41, 5.74) is 7.21. The highest BCUT2D eigenvalue weighted by atomic mass is 15.2. The maximum absolute atomic E-state index is 7.54. The molecule has 0 aliphatic rings. The fraction of sp³-hybridized carbons (Fsp3) is 0.571. The van der Waals surface area contributed by atoms with E-state index in [9.17, 15) is 0 Å². The zero-order chi connectivity index (χ0) is 13.7. The van der Waals surface area contributed by atoms with Crippen LogP contribution in [0.4, 0.5) is 5.82 Å². The second-order valence-electron chi connectivity index (χ2n) is 4.82. The van der Waals surface area contributed by atoms with Crippen LogP contribution in [0.5, 0.6) is 0 Å². The normalized spacial score (nSPS) is 12.2. The van der Waals surface area contributed by atoms with Crippen LogP contribution in [0.3, 0.4) is 0 Å². The topological polar surface area (TPSA) is 66.0 Å². The van der Waals surface area contributed by atoms with Crippen LogP contribution < -0.4 is 10.6 Å². The van der Waals surface area contributed by atoms with Crippen molar-refractivity contribution in [2.75, 3.05) is 18.0 Å². The molecule has 1 aromatic heterocycles. The number of anilines is 1. The molecule has 1 unspecified atom stereocenters. The van der Waals surface area contributed by atoms with E-state index in [0.29, 0.717) is 5.92 Å². The van der Waals surface area contributed by atoms with Gasteiger partial charge in [0.2, 0.25) is 0 Å². The Morgan fingerprint density at radius 3 is 2.61 bits per heavy atom. The minimum absolute atomic E-state index is 0.0985. The van der Waals surface area contributed by atoms with Crippen LogP contribution in [0.2, 0.25) is 0 Å². The lowest BCUT2D eigenvalue weighted by molar-refractivity contribution is 0.545. The van der Waals surface area contributed by atoms with E-state index >= 15 is 0 Å². The van der Waals surface area contributed by atoms with Gasteiger partial charge in [-0.25, -0.2) is 4.98 Å². The second-order valence-corrected chi connectivity index (χ2v) is 4.82. The number of nitrogens with zero attached hydrogens (tertiary/aromatic N) is 2. The Morgan fingerprint density at radius 1 is 1.44 bits per heavy atom. The van der Waals surface area contributed by atoms with Crippen LogP contribution in [0.1, 0.15) is 38.4 Å². The lowest BCUT2D eigenvalue weighted by Crippen LogP contribution is -2.29. The quantitative estimate of drug-likeness (QED) is 0.600. The van der Waals surface area contributed by atoms with Crippen LogP contribution in [0, 0.1) is 18.3 Å². The molecule has 1 heterocycles. The van der Waals surface area contributed by atoms with Crippen molar-refractivity contribution < 1.29 is 0 Å². The van der Waals surface area contributed by atoms with Gasteiger partial charge in [-0.2, -0.15) is 0 Å². The highest BCUT2D eigenvalue weighted by Gasteiger charge is 2.11. The van der Waals surface area contributed by atoms with E-state index in [4.69, 9.17) is 11.1 Å². The zero-order valence-electron chi connectivity index (χ0n) is 11.8. The number of pyridine rings is 1. The molecule has 0 amide bonds. The van der Waals surface area contributed by atoms with Crippen molar-refractivity contribution in [3.63, 3.8) is 0 Å². The number of nitrogens with one attached hydrogen (secondary N) is 1. The molecule has 3 N–H and O–H groups in total. The summed E-state index contributed by atoms with van der Waals surface area (Å²) in [6, 6.07) is 3.75. The third-order valence-electron chi connectivity index (χ3n) is 3.19. The van der Waals surface area contributed by atoms with Gasteiger partial charge in [-0.05, 0) is 31.9 Å². The van der Waals surface area contributed by atoms with Crippen molar-refractivity contribution in [3.05, 3.63) is 23.4 Å². The second kappa shape index (κ2) is 6.38. The molecule has 0 saturated carbocycles. The van der Waals surface area contributed by atoms with Gasteiger partial charge in [0.1, 0.15) is 11.7 Å². The number of hydrogen-bond donors (Lipinski definition) is 2. The number of amidine groups is 1. The van der Waals surface area contributed by atoms with Crippen molar-refractivity contribution in [2.45, 2.75) is 34.1 Å². The van der Waals surface area contributed by atoms with Crippen LogP contribution in [0.25, 0.3) is 0 Å². The molecule has 0 radical (unpaired) electrons. The highest BCUT2D eigenvalue weighted by molar-refractivity contribution is 5.95.